The highest BCUT2D eigenvalue weighted by Gasteiger charge is 2.42. The topological polar surface area (TPSA) is 64.3 Å². The summed E-state index contributed by atoms with van der Waals surface area (Å²) in [7, 11) is 0. The summed E-state index contributed by atoms with van der Waals surface area (Å²) in [5.74, 6) is 2.01. The van der Waals surface area contributed by atoms with Crippen LogP contribution in [0.3, 0.4) is 0 Å². The maximum Gasteiger partial charge on any atom is 0.229 e. The van der Waals surface area contributed by atoms with Gasteiger partial charge in [0.15, 0.2) is 5.82 Å². The summed E-state index contributed by atoms with van der Waals surface area (Å²) >= 11 is 1.75. The number of nitrogens with zero attached hydrogens (tertiary/aromatic N) is 4. The molecule has 4 heterocycles. The van der Waals surface area contributed by atoms with Gasteiger partial charge in [0.05, 0.1) is 29.8 Å². The minimum Gasteiger partial charge on any atom is -0.373 e. The van der Waals surface area contributed by atoms with Crippen LogP contribution in [0, 0.1) is 19.8 Å². The van der Waals surface area contributed by atoms with Gasteiger partial charge in [0, 0.05) is 30.4 Å². The second-order valence-electron chi connectivity index (χ2n) is 6.29. The molecular formula is C15H20N4O2S. The molecule has 0 unspecified atom stereocenters. The molecule has 118 valence electrons. The molecule has 0 radical (unpaired) electrons. The van der Waals surface area contributed by atoms with Gasteiger partial charge in [-0.25, -0.2) is 4.98 Å². The van der Waals surface area contributed by atoms with E-state index >= 15 is 0 Å². The molecule has 7 heteroatoms. The molecule has 0 spiro atoms. The van der Waals surface area contributed by atoms with Gasteiger partial charge in [-0.3, -0.25) is 4.90 Å². The molecule has 0 amide bonds. The third-order valence-electron chi connectivity index (χ3n) is 4.57. The molecule has 0 aliphatic carbocycles. The molecule has 2 fully saturated rings. The van der Waals surface area contributed by atoms with Crippen molar-refractivity contribution in [1.82, 2.24) is 20.0 Å². The molecule has 0 saturated carbocycles. The second-order valence-corrected chi connectivity index (χ2v) is 7.23. The quantitative estimate of drug-likeness (QED) is 0.858. The molecule has 0 aromatic carbocycles. The van der Waals surface area contributed by atoms with Crippen molar-refractivity contribution in [3.05, 3.63) is 27.8 Å². The zero-order valence-electron chi connectivity index (χ0n) is 12.9. The summed E-state index contributed by atoms with van der Waals surface area (Å²) in [6.07, 6.45) is 2.40. The van der Waals surface area contributed by atoms with Crippen LogP contribution in [0.1, 0.15) is 28.7 Å². The Morgan fingerprint density at radius 3 is 2.95 bits per heavy atom. The summed E-state index contributed by atoms with van der Waals surface area (Å²) < 4.78 is 11.4. The van der Waals surface area contributed by atoms with Crippen LogP contribution in [-0.2, 0) is 17.7 Å². The van der Waals surface area contributed by atoms with Gasteiger partial charge in [-0.05, 0) is 20.3 Å². The van der Waals surface area contributed by atoms with E-state index in [0.717, 1.165) is 38.2 Å². The number of aromatic nitrogens is 3. The number of likely N-dealkylation sites (tertiary alicyclic amines) is 1. The molecule has 6 nitrogen and oxygen atoms in total. The maximum absolute atomic E-state index is 6.20. The minimum absolute atomic E-state index is 0.224. The highest BCUT2D eigenvalue weighted by molar-refractivity contribution is 7.09. The van der Waals surface area contributed by atoms with E-state index in [1.54, 1.807) is 11.3 Å². The lowest BCUT2D eigenvalue weighted by molar-refractivity contribution is 0.0344. The largest absolute Gasteiger partial charge is 0.373 e. The fourth-order valence-corrected chi connectivity index (χ4v) is 4.33. The van der Waals surface area contributed by atoms with Gasteiger partial charge in [-0.1, -0.05) is 5.16 Å². The number of rotatable bonds is 4. The van der Waals surface area contributed by atoms with Gasteiger partial charge in [-0.15, -0.1) is 11.3 Å². The summed E-state index contributed by atoms with van der Waals surface area (Å²) in [5, 5.41) is 3.84. The van der Waals surface area contributed by atoms with Gasteiger partial charge < -0.3 is 9.26 Å². The molecule has 2 aliphatic rings. The fourth-order valence-electron chi connectivity index (χ4n) is 3.51. The molecule has 2 saturated heterocycles. The summed E-state index contributed by atoms with van der Waals surface area (Å²) in [6.45, 7) is 7.06. The van der Waals surface area contributed by atoms with Crippen LogP contribution in [-0.4, -0.2) is 45.3 Å². The van der Waals surface area contributed by atoms with Crippen molar-refractivity contribution in [2.24, 2.45) is 5.92 Å². The number of hydrogen-bond donors (Lipinski definition) is 0. The Morgan fingerprint density at radius 1 is 1.36 bits per heavy atom. The molecule has 2 aromatic heterocycles. The van der Waals surface area contributed by atoms with Crippen molar-refractivity contribution in [2.45, 2.75) is 45.4 Å². The molecule has 22 heavy (non-hydrogen) atoms. The lowest BCUT2D eigenvalue weighted by Crippen LogP contribution is -2.25. The van der Waals surface area contributed by atoms with E-state index in [0.29, 0.717) is 23.7 Å². The van der Waals surface area contributed by atoms with Crippen molar-refractivity contribution in [3.8, 4) is 0 Å². The first-order valence-corrected chi connectivity index (χ1v) is 8.61. The number of fused-ring (bicyclic) bond motifs is 1. The number of aryl methyl sites for hydroxylation is 2. The first-order chi connectivity index (χ1) is 10.7. The lowest BCUT2D eigenvalue weighted by atomic mass is 10.0. The van der Waals surface area contributed by atoms with Gasteiger partial charge in [0.25, 0.3) is 0 Å². The van der Waals surface area contributed by atoms with Crippen LogP contribution >= 0.6 is 11.3 Å². The van der Waals surface area contributed by atoms with E-state index in [4.69, 9.17) is 9.26 Å². The fraction of sp³-hybridized carbons (Fsp3) is 0.667. The van der Waals surface area contributed by atoms with E-state index in [-0.39, 0.29) is 6.10 Å². The van der Waals surface area contributed by atoms with Crippen molar-refractivity contribution < 1.29 is 9.26 Å². The minimum atomic E-state index is 0.224. The number of hydrogen-bond acceptors (Lipinski definition) is 7. The molecule has 2 aromatic rings. The molecular weight excluding hydrogens is 300 g/mol. The lowest BCUT2D eigenvalue weighted by Gasteiger charge is -2.18. The van der Waals surface area contributed by atoms with E-state index in [1.165, 1.54) is 4.88 Å². The Morgan fingerprint density at radius 2 is 2.27 bits per heavy atom. The zero-order chi connectivity index (χ0) is 15.1. The Labute approximate surface area is 133 Å². The van der Waals surface area contributed by atoms with Gasteiger partial charge in [0.2, 0.25) is 5.89 Å². The first kappa shape index (κ1) is 14.3. The average molecular weight is 320 g/mol. The van der Waals surface area contributed by atoms with Crippen LogP contribution in [0.15, 0.2) is 10.0 Å². The summed E-state index contributed by atoms with van der Waals surface area (Å²) in [4.78, 5) is 12.5. The van der Waals surface area contributed by atoms with Crippen LogP contribution in [0.2, 0.25) is 0 Å². The normalized spacial score (nSPS) is 28.4. The molecule has 0 N–H and O–H groups in total. The number of ether oxygens (including phenoxy) is 1. The Balaban J connectivity index is 1.31. The monoisotopic (exact) mass is 320 g/mol. The maximum atomic E-state index is 6.20. The molecule has 3 atom stereocenters. The third kappa shape index (κ3) is 2.80. The third-order valence-corrected chi connectivity index (χ3v) is 5.49. The van der Waals surface area contributed by atoms with Crippen molar-refractivity contribution in [2.75, 3.05) is 13.1 Å². The molecule has 2 aliphatic heterocycles. The standard InChI is InChI=1S/C15H20N4O2S/c1-9-14(22-8-16-9)7-19-5-11-3-12(20-13(11)6-19)4-15-17-10(2)18-21-15/h8,11-13H,3-7H2,1-2H3/t11-,12+,13+/m0/s1. The average Bonchev–Trinajstić information content (AvgIpc) is 3.19. The predicted molar refractivity (Wildman–Crippen MR) is 81.6 cm³/mol. The molecule has 4 rings (SSSR count). The smallest absolute Gasteiger partial charge is 0.229 e. The van der Waals surface area contributed by atoms with E-state index in [1.807, 2.05) is 12.4 Å². The van der Waals surface area contributed by atoms with E-state index in [9.17, 15) is 0 Å². The zero-order valence-corrected chi connectivity index (χ0v) is 13.7. The van der Waals surface area contributed by atoms with Crippen molar-refractivity contribution in [1.29, 1.82) is 0 Å². The van der Waals surface area contributed by atoms with Crippen molar-refractivity contribution >= 4 is 11.3 Å². The highest BCUT2D eigenvalue weighted by atomic mass is 32.1. The van der Waals surface area contributed by atoms with Gasteiger partial charge in [-0.2, -0.15) is 4.98 Å². The van der Waals surface area contributed by atoms with Crippen LogP contribution in [0.5, 0.6) is 0 Å². The Hall–Kier alpha value is -1.31. The SMILES string of the molecule is Cc1noc(C[C@H]2C[C@H]3CN(Cc4scnc4C)C[C@H]3O2)n1. The van der Waals surface area contributed by atoms with E-state index in [2.05, 4.69) is 26.9 Å². The second kappa shape index (κ2) is 5.72. The molecule has 0 bridgehead atoms. The van der Waals surface area contributed by atoms with Gasteiger partial charge >= 0.3 is 0 Å². The summed E-state index contributed by atoms with van der Waals surface area (Å²) in [5.41, 5.74) is 3.09. The van der Waals surface area contributed by atoms with E-state index < -0.39 is 0 Å². The predicted octanol–water partition coefficient (Wildman–Crippen LogP) is 1.97. The Bertz CT molecular complexity index is 642. The number of thiazole rings is 1. The van der Waals surface area contributed by atoms with Gasteiger partial charge in [0.1, 0.15) is 0 Å². The van der Waals surface area contributed by atoms with Crippen LogP contribution < -0.4 is 0 Å². The Kier molecular flexibility index (Phi) is 3.71. The highest BCUT2D eigenvalue weighted by Crippen LogP contribution is 2.35. The van der Waals surface area contributed by atoms with Crippen LogP contribution in [0.25, 0.3) is 0 Å². The summed E-state index contributed by atoms with van der Waals surface area (Å²) in [6, 6.07) is 0. The van der Waals surface area contributed by atoms with Crippen LogP contribution in [0.4, 0.5) is 0 Å². The first-order valence-electron chi connectivity index (χ1n) is 7.73. The van der Waals surface area contributed by atoms with Crippen molar-refractivity contribution in [3.63, 3.8) is 0 Å².